The second-order valence-electron chi connectivity index (χ2n) is 4.79. The van der Waals surface area contributed by atoms with Crippen LogP contribution in [0, 0.1) is 0 Å². The van der Waals surface area contributed by atoms with Gasteiger partial charge in [-0.2, -0.15) is 0 Å². The summed E-state index contributed by atoms with van der Waals surface area (Å²) in [4.78, 5) is 12.5. The molecule has 0 saturated carbocycles. The molecule has 0 aliphatic heterocycles. The number of carbonyl (C=O) groups excluding carboxylic acids is 1. The van der Waals surface area contributed by atoms with Gasteiger partial charge in [0.15, 0.2) is 11.5 Å². The van der Waals surface area contributed by atoms with Gasteiger partial charge >= 0.3 is 0 Å². The predicted molar refractivity (Wildman–Crippen MR) is 86.9 cm³/mol. The summed E-state index contributed by atoms with van der Waals surface area (Å²) in [7, 11) is 3.05. The van der Waals surface area contributed by atoms with E-state index in [1.54, 1.807) is 30.3 Å². The molecule has 0 saturated heterocycles. The van der Waals surface area contributed by atoms with E-state index in [9.17, 15) is 4.79 Å². The zero-order valence-electron chi connectivity index (χ0n) is 12.7. The van der Waals surface area contributed by atoms with Crippen LogP contribution in [-0.4, -0.2) is 20.1 Å². The minimum Gasteiger partial charge on any atom is -0.493 e. The Morgan fingerprint density at radius 1 is 1.09 bits per heavy atom. The molecule has 0 bridgehead atoms. The molecule has 0 heterocycles. The normalized spacial score (nSPS) is 11.6. The molecule has 0 radical (unpaired) electrons. The summed E-state index contributed by atoms with van der Waals surface area (Å²) in [5.74, 6) is 0.721. The molecule has 2 aromatic carbocycles. The van der Waals surface area contributed by atoms with Gasteiger partial charge in [-0.1, -0.05) is 29.8 Å². The standard InChI is InChI=1S/C17H18ClNO3/c1-11(12-7-9-13(18)10-8-12)19-17(20)14-5-4-6-15(21-2)16(14)22-3/h4-11H,1-3H3,(H,19,20). The van der Waals surface area contributed by atoms with Crippen molar-refractivity contribution in [3.05, 3.63) is 58.6 Å². The number of nitrogens with one attached hydrogen (secondary N) is 1. The first-order chi connectivity index (χ1) is 10.6. The molecule has 116 valence electrons. The molecule has 1 atom stereocenters. The minimum absolute atomic E-state index is 0.152. The maximum atomic E-state index is 12.5. The van der Waals surface area contributed by atoms with Crippen molar-refractivity contribution in [3.63, 3.8) is 0 Å². The van der Waals surface area contributed by atoms with Gasteiger partial charge in [-0.25, -0.2) is 0 Å². The van der Waals surface area contributed by atoms with E-state index in [1.165, 1.54) is 14.2 Å². The molecule has 2 rings (SSSR count). The van der Waals surface area contributed by atoms with Crippen LogP contribution < -0.4 is 14.8 Å². The third kappa shape index (κ3) is 3.52. The second kappa shape index (κ2) is 7.18. The Morgan fingerprint density at radius 3 is 2.36 bits per heavy atom. The highest BCUT2D eigenvalue weighted by molar-refractivity contribution is 6.30. The van der Waals surface area contributed by atoms with Gasteiger partial charge in [-0.3, -0.25) is 4.79 Å². The van der Waals surface area contributed by atoms with Crippen LogP contribution in [-0.2, 0) is 0 Å². The molecular weight excluding hydrogens is 302 g/mol. The number of halogens is 1. The quantitative estimate of drug-likeness (QED) is 0.910. The zero-order valence-corrected chi connectivity index (χ0v) is 13.5. The zero-order chi connectivity index (χ0) is 16.1. The Balaban J connectivity index is 2.20. The maximum Gasteiger partial charge on any atom is 0.255 e. The molecule has 0 aliphatic carbocycles. The highest BCUT2D eigenvalue weighted by atomic mass is 35.5. The Labute approximate surface area is 135 Å². The number of rotatable bonds is 5. The van der Waals surface area contributed by atoms with Crippen molar-refractivity contribution in [1.29, 1.82) is 0 Å². The maximum absolute atomic E-state index is 12.5. The number of carbonyl (C=O) groups is 1. The van der Waals surface area contributed by atoms with Crippen LogP contribution >= 0.6 is 11.6 Å². The summed E-state index contributed by atoms with van der Waals surface area (Å²) in [6.07, 6.45) is 0. The van der Waals surface area contributed by atoms with Gasteiger partial charge in [-0.15, -0.1) is 0 Å². The van der Waals surface area contributed by atoms with Crippen molar-refractivity contribution in [2.45, 2.75) is 13.0 Å². The van der Waals surface area contributed by atoms with E-state index in [2.05, 4.69) is 5.32 Å². The molecule has 1 amide bonds. The molecule has 5 heteroatoms. The van der Waals surface area contributed by atoms with E-state index < -0.39 is 0 Å². The summed E-state index contributed by atoms with van der Waals surface area (Å²) in [6, 6.07) is 12.4. The lowest BCUT2D eigenvalue weighted by atomic mass is 10.1. The van der Waals surface area contributed by atoms with Gasteiger partial charge < -0.3 is 14.8 Å². The molecule has 1 unspecified atom stereocenters. The van der Waals surface area contributed by atoms with Crippen molar-refractivity contribution >= 4 is 17.5 Å². The van der Waals surface area contributed by atoms with Crippen LogP contribution in [0.1, 0.15) is 28.9 Å². The summed E-state index contributed by atoms with van der Waals surface area (Å²) in [5, 5.41) is 3.60. The monoisotopic (exact) mass is 319 g/mol. The van der Waals surface area contributed by atoms with Gasteiger partial charge in [0.25, 0.3) is 5.91 Å². The van der Waals surface area contributed by atoms with Crippen molar-refractivity contribution in [3.8, 4) is 11.5 Å². The fourth-order valence-corrected chi connectivity index (χ4v) is 2.30. The van der Waals surface area contributed by atoms with Crippen molar-refractivity contribution in [2.24, 2.45) is 0 Å². The highest BCUT2D eigenvalue weighted by Gasteiger charge is 2.18. The predicted octanol–water partition coefficient (Wildman–Crippen LogP) is 3.85. The van der Waals surface area contributed by atoms with Gasteiger partial charge in [0.05, 0.1) is 25.8 Å². The smallest absolute Gasteiger partial charge is 0.255 e. The third-order valence-electron chi connectivity index (χ3n) is 3.37. The SMILES string of the molecule is COc1cccc(C(=O)NC(C)c2ccc(Cl)cc2)c1OC. The van der Waals surface area contributed by atoms with Gasteiger partial charge in [-0.05, 0) is 36.8 Å². The van der Waals surface area contributed by atoms with Crippen molar-refractivity contribution in [1.82, 2.24) is 5.32 Å². The van der Waals surface area contributed by atoms with E-state index in [0.717, 1.165) is 5.56 Å². The van der Waals surface area contributed by atoms with Crippen molar-refractivity contribution < 1.29 is 14.3 Å². The molecule has 0 aromatic heterocycles. The van der Waals surface area contributed by atoms with Crippen LogP contribution in [0.15, 0.2) is 42.5 Å². The fourth-order valence-electron chi connectivity index (χ4n) is 2.18. The number of benzene rings is 2. The molecule has 22 heavy (non-hydrogen) atoms. The Bertz CT molecular complexity index is 655. The first kappa shape index (κ1) is 16.2. The molecule has 0 fully saturated rings. The number of hydrogen-bond donors (Lipinski definition) is 1. The molecule has 1 N–H and O–H groups in total. The molecular formula is C17H18ClNO3. The first-order valence-electron chi connectivity index (χ1n) is 6.84. The third-order valence-corrected chi connectivity index (χ3v) is 3.62. The fraction of sp³-hybridized carbons (Fsp3) is 0.235. The van der Waals surface area contributed by atoms with E-state index in [0.29, 0.717) is 22.1 Å². The van der Waals surface area contributed by atoms with E-state index in [4.69, 9.17) is 21.1 Å². The molecule has 4 nitrogen and oxygen atoms in total. The van der Waals surface area contributed by atoms with Gasteiger partial charge in [0.1, 0.15) is 0 Å². The largest absolute Gasteiger partial charge is 0.493 e. The van der Waals surface area contributed by atoms with Crippen molar-refractivity contribution in [2.75, 3.05) is 14.2 Å². The molecule has 2 aromatic rings. The Hall–Kier alpha value is -2.20. The average molecular weight is 320 g/mol. The second-order valence-corrected chi connectivity index (χ2v) is 5.22. The average Bonchev–Trinajstić information content (AvgIpc) is 2.54. The van der Waals surface area contributed by atoms with Gasteiger partial charge in [0, 0.05) is 5.02 Å². The number of amides is 1. The van der Waals surface area contributed by atoms with Crippen LogP contribution in [0.4, 0.5) is 0 Å². The van der Waals surface area contributed by atoms with Crippen LogP contribution in [0.3, 0.4) is 0 Å². The highest BCUT2D eigenvalue weighted by Crippen LogP contribution is 2.31. The summed E-state index contributed by atoms with van der Waals surface area (Å²) in [6.45, 7) is 1.91. The summed E-state index contributed by atoms with van der Waals surface area (Å²) < 4.78 is 10.5. The first-order valence-corrected chi connectivity index (χ1v) is 7.22. The van der Waals surface area contributed by atoms with Gasteiger partial charge in [0.2, 0.25) is 0 Å². The summed E-state index contributed by atoms with van der Waals surface area (Å²) in [5.41, 5.74) is 1.40. The number of hydrogen-bond acceptors (Lipinski definition) is 3. The molecule has 0 spiro atoms. The number of para-hydroxylation sites is 1. The minimum atomic E-state index is -0.224. The van der Waals surface area contributed by atoms with Crippen LogP contribution in [0.2, 0.25) is 5.02 Å². The van der Waals surface area contributed by atoms with Crippen LogP contribution in [0.25, 0.3) is 0 Å². The Morgan fingerprint density at radius 2 is 1.77 bits per heavy atom. The lowest BCUT2D eigenvalue weighted by Gasteiger charge is -2.17. The molecule has 0 aliphatic rings. The van der Waals surface area contributed by atoms with E-state index in [-0.39, 0.29) is 11.9 Å². The lowest BCUT2D eigenvalue weighted by molar-refractivity contribution is 0.0936. The van der Waals surface area contributed by atoms with Crippen LogP contribution in [0.5, 0.6) is 11.5 Å². The topological polar surface area (TPSA) is 47.6 Å². The van der Waals surface area contributed by atoms with E-state index >= 15 is 0 Å². The Kier molecular flexibility index (Phi) is 5.28. The number of methoxy groups -OCH3 is 2. The number of ether oxygens (including phenoxy) is 2. The van der Waals surface area contributed by atoms with E-state index in [1.807, 2.05) is 19.1 Å². The lowest BCUT2D eigenvalue weighted by Crippen LogP contribution is -2.27. The summed E-state index contributed by atoms with van der Waals surface area (Å²) >= 11 is 5.87.